The number of amides is 3. The van der Waals surface area contributed by atoms with Gasteiger partial charge in [0.05, 0.1) is 6.20 Å². The average molecular weight is 395 g/mol. The third-order valence-corrected chi connectivity index (χ3v) is 3.71. The number of carbonyl (C=O) groups excluding carboxylic acids is 2. The number of rotatable bonds is 7. The lowest BCUT2D eigenvalue weighted by Gasteiger charge is -2.15. The fraction of sp³-hybridized carbons (Fsp3) is 0.389. The van der Waals surface area contributed by atoms with E-state index < -0.39 is 6.04 Å². The zero-order chi connectivity index (χ0) is 19.1. The Bertz CT molecular complexity index is 745. The summed E-state index contributed by atoms with van der Waals surface area (Å²) >= 11 is 0. The van der Waals surface area contributed by atoms with Crippen LogP contribution in [-0.4, -0.2) is 34.8 Å². The van der Waals surface area contributed by atoms with Crippen molar-refractivity contribution in [3.8, 4) is 0 Å². The fourth-order valence-corrected chi connectivity index (χ4v) is 2.46. The second-order valence-corrected chi connectivity index (χ2v) is 6.34. The number of halogens is 1. The van der Waals surface area contributed by atoms with Gasteiger partial charge in [-0.3, -0.25) is 9.48 Å². The van der Waals surface area contributed by atoms with Crippen LogP contribution in [0.1, 0.15) is 31.0 Å². The normalized spacial score (nSPS) is 11.4. The summed E-state index contributed by atoms with van der Waals surface area (Å²) in [6.07, 6.45) is 3.48. The highest BCUT2D eigenvalue weighted by molar-refractivity contribution is 5.89. The summed E-state index contributed by atoms with van der Waals surface area (Å²) in [7, 11) is 3.55. The molecular weight excluding hydrogens is 368 g/mol. The molecule has 0 aliphatic heterocycles. The quantitative estimate of drug-likeness (QED) is 0.576. The number of nitrogens with one attached hydrogen (secondary N) is 4. The Hall–Kier alpha value is -2.58. The summed E-state index contributed by atoms with van der Waals surface area (Å²) in [6.45, 7) is 4.19. The molecule has 2 aromatic rings. The van der Waals surface area contributed by atoms with Gasteiger partial charge in [-0.15, -0.1) is 12.4 Å². The van der Waals surface area contributed by atoms with Gasteiger partial charge in [-0.1, -0.05) is 12.1 Å². The molecule has 0 fully saturated rings. The van der Waals surface area contributed by atoms with Crippen molar-refractivity contribution in [1.29, 1.82) is 0 Å². The van der Waals surface area contributed by atoms with E-state index in [1.807, 2.05) is 39.2 Å². The molecule has 0 saturated heterocycles. The maximum Gasteiger partial charge on any atom is 0.319 e. The van der Waals surface area contributed by atoms with Crippen molar-refractivity contribution in [2.45, 2.75) is 32.5 Å². The number of nitrogens with zero attached hydrogens (tertiary/aromatic N) is 2. The Morgan fingerprint density at radius 1 is 1.19 bits per heavy atom. The Morgan fingerprint density at radius 3 is 2.37 bits per heavy atom. The molecule has 27 heavy (non-hydrogen) atoms. The first-order valence-corrected chi connectivity index (χ1v) is 8.49. The molecule has 1 atom stereocenters. The van der Waals surface area contributed by atoms with Crippen LogP contribution in [0.2, 0.25) is 0 Å². The van der Waals surface area contributed by atoms with Crippen molar-refractivity contribution in [2.75, 3.05) is 12.4 Å². The molecule has 0 radical (unpaired) electrons. The molecule has 9 heteroatoms. The third-order valence-electron chi connectivity index (χ3n) is 3.71. The smallest absolute Gasteiger partial charge is 0.319 e. The van der Waals surface area contributed by atoms with Gasteiger partial charge < -0.3 is 21.3 Å². The van der Waals surface area contributed by atoms with Crippen LogP contribution in [0, 0.1) is 0 Å². The first-order chi connectivity index (χ1) is 12.4. The van der Waals surface area contributed by atoms with Crippen molar-refractivity contribution in [1.82, 2.24) is 25.7 Å². The summed E-state index contributed by atoms with van der Waals surface area (Å²) in [4.78, 5) is 24.1. The molecule has 0 bridgehead atoms. The number of benzene rings is 1. The SMILES string of the molecule is CNC(C(=O)NCc1ccc(NC(=O)NC(C)C)cc1)c1cnn(C)c1.Cl. The van der Waals surface area contributed by atoms with Crippen molar-refractivity contribution >= 4 is 30.0 Å². The van der Waals surface area contributed by atoms with Crippen molar-refractivity contribution < 1.29 is 9.59 Å². The predicted molar refractivity (Wildman–Crippen MR) is 108 cm³/mol. The van der Waals surface area contributed by atoms with Crippen molar-refractivity contribution in [3.63, 3.8) is 0 Å². The molecule has 0 aliphatic carbocycles. The predicted octanol–water partition coefficient (Wildman–Crippen LogP) is 1.95. The molecule has 1 aromatic heterocycles. The number of anilines is 1. The molecule has 0 spiro atoms. The van der Waals surface area contributed by atoms with Crippen LogP contribution in [0.4, 0.5) is 10.5 Å². The second-order valence-electron chi connectivity index (χ2n) is 6.34. The Labute approximate surface area is 165 Å². The Balaban J connectivity index is 0.00000364. The van der Waals surface area contributed by atoms with Gasteiger partial charge in [0.15, 0.2) is 0 Å². The summed E-state index contributed by atoms with van der Waals surface area (Å²) < 4.78 is 1.66. The number of likely N-dealkylation sites (N-methyl/N-ethyl adjacent to an activating group) is 1. The highest BCUT2D eigenvalue weighted by atomic mass is 35.5. The lowest BCUT2D eigenvalue weighted by molar-refractivity contribution is -0.123. The monoisotopic (exact) mass is 394 g/mol. The molecule has 2 rings (SSSR count). The maximum atomic E-state index is 12.4. The van der Waals surface area contributed by atoms with Crippen LogP contribution >= 0.6 is 12.4 Å². The molecule has 8 nitrogen and oxygen atoms in total. The van der Waals surface area contributed by atoms with E-state index in [4.69, 9.17) is 0 Å². The zero-order valence-corrected chi connectivity index (χ0v) is 16.8. The van der Waals surface area contributed by atoms with Gasteiger partial charge in [0, 0.05) is 37.1 Å². The summed E-state index contributed by atoms with van der Waals surface area (Å²) in [5.74, 6) is -0.126. The lowest BCUT2D eigenvalue weighted by Crippen LogP contribution is -2.35. The van der Waals surface area contributed by atoms with Gasteiger partial charge in [-0.25, -0.2) is 4.79 Å². The van der Waals surface area contributed by atoms with E-state index in [0.29, 0.717) is 12.2 Å². The number of aromatic nitrogens is 2. The maximum absolute atomic E-state index is 12.4. The number of urea groups is 1. The first kappa shape index (κ1) is 22.5. The fourth-order valence-electron chi connectivity index (χ4n) is 2.46. The van der Waals surface area contributed by atoms with Gasteiger partial charge >= 0.3 is 6.03 Å². The highest BCUT2D eigenvalue weighted by Crippen LogP contribution is 2.13. The van der Waals surface area contributed by atoms with Gasteiger partial charge in [0.25, 0.3) is 0 Å². The molecule has 148 valence electrons. The van der Waals surface area contributed by atoms with Crippen molar-refractivity contribution in [2.24, 2.45) is 7.05 Å². The molecule has 0 saturated carbocycles. The van der Waals surface area contributed by atoms with E-state index in [1.165, 1.54) is 0 Å². The second kappa shape index (κ2) is 10.5. The van der Waals surface area contributed by atoms with Crippen LogP contribution in [0.25, 0.3) is 0 Å². The molecule has 1 unspecified atom stereocenters. The van der Waals surface area contributed by atoms with Crippen LogP contribution in [0.5, 0.6) is 0 Å². The molecule has 3 amide bonds. The number of carbonyl (C=O) groups is 2. The average Bonchev–Trinajstić information content (AvgIpc) is 3.00. The first-order valence-electron chi connectivity index (χ1n) is 8.49. The number of hydrogen-bond acceptors (Lipinski definition) is 4. The molecule has 1 aromatic carbocycles. The van der Waals surface area contributed by atoms with E-state index in [0.717, 1.165) is 11.1 Å². The third kappa shape index (κ3) is 6.92. The van der Waals surface area contributed by atoms with Crippen molar-refractivity contribution in [3.05, 3.63) is 47.8 Å². The minimum atomic E-state index is -0.454. The van der Waals surface area contributed by atoms with Crippen LogP contribution in [-0.2, 0) is 18.4 Å². The summed E-state index contributed by atoms with van der Waals surface area (Å²) in [6, 6.07) is 6.71. The van der Waals surface area contributed by atoms with Gasteiger partial charge in [0.1, 0.15) is 6.04 Å². The molecule has 0 aliphatic rings. The summed E-state index contributed by atoms with van der Waals surface area (Å²) in [5, 5.41) is 15.5. The van der Waals surface area contributed by atoms with E-state index in [1.54, 1.807) is 30.1 Å². The number of hydrogen-bond donors (Lipinski definition) is 4. The van der Waals surface area contributed by atoms with E-state index in [9.17, 15) is 9.59 Å². The summed E-state index contributed by atoms with van der Waals surface area (Å²) in [5.41, 5.74) is 2.44. The van der Waals surface area contributed by atoms with Crippen LogP contribution < -0.4 is 21.3 Å². The molecule has 4 N–H and O–H groups in total. The molecule has 1 heterocycles. The minimum Gasteiger partial charge on any atom is -0.350 e. The van der Waals surface area contributed by atoms with Gasteiger partial charge in [0.2, 0.25) is 5.91 Å². The minimum absolute atomic E-state index is 0. The number of aryl methyl sites for hydroxylation is 1. The largest absolute Gasteiger partial charge is 0.350 e. The van der Waals surface area contributed by atoms with Crippen LogP contribution in [0.3, 0.4) is 0 Å². The van der Waals surface area contributed by atoms with E-state index in [2.05, 4.69) is 26.4 Å². The van der Waals surface area contributed by atoms with Crippen LogP contribution in [0.15, 0.2) is 36.7 Å². The Morgan fingerprint density at radius 2 is 1.85 bits per heavy atom. The highest BCUT2D eigenvalue weighted by Gasteiger charge is 2.19. The molecular formula is C18H27ClN6O2. The topological polar surface area (TPSA) is 100 Å². The Kier molecular flexibility index (Phi) is 8.77. The van der Waals surface area contributed by atoms with E-state index >= 15 is 0 Å². The zero-order valence-electron chi connectivity index (χ0n) is 15.9. The standard InChI is InChI=1S/C18H26N6O2.ClH/c1-12(2)22-18(26)23-15-7-5-13(6-8-15)9-20-17(25)16(19-3)14-10-21-24(4)11-14;/h5-8,10-12,16,19H,9H2,1-4H3,(H,20,25)(H2,22,23,26);1H. The van der Waals surface area contributed by atoms with Gasteiger partial charge in [-0.2, -0.15) is 5.10 Å². The van der Waals surface area contributed by atoms with E-state index in [-0.39, 0.29) is 30.4 Å². The lowest BCUT2D eigenvalue weighted by atomic mass is 10.1. The van der Waals surface area contributed by atoms with Gasteiger partial charge in [-0.05, 0) is 38.6 Å².